The van der Waals surface area contributed by atoms with Gasteiger partial charge in [0, 0.05) is 30.0 Å². The number of rotatable bonds is 9. The first-order chi connectivity index (χ1) is 14.7. The van der Waals surface area contributed by atoms with Gasteiger partial charge in [0.15, 0.2) is 0 Å². The molecule has 0 saturated heterocycles. The van der Waals surface area contributed by atoms with Crippen LogP contribution in [0.15, 0.2) is 84.9 Å². The van der Waals surface area contributed by atoms with Crippen molar-refractivity contribution in [2.45, 2.75) is 13.3 Å². The summed E-state index contributed by atoms with van der Waals surface area (Å²) in [6.45, 7) is 3.27. The van der Waals surface area contributed by atoms with Gasteiger partial charge in [-0.2, -0.15) is 0 Å². The molecule has 0 aliphatic rings. The molecule has 0 spiro atoms. The Bertz CT molecular complexity index is 958. The first-order valence-electron chi connectivity index (χ1n) is 10.2. The Hall–Kier alpha value is -3.60. The molecule has 5 heteroatoms. The third-order valence-corrected chi connectivity index (χ3v) is 4.77. The van der Waals surface area contributed by atoms with Crippen molar-refractivity contribution < 1.29 is 9.59 Å². The summed E-state index contributed by atoms with van der Waals surface area (Å²) >= 11 is 0. The molecular weight excluding hydrogens is 374 g/mol. The minimum Gasteiger partial charge on any atom is -0.376 e. The molecule has 0 heterocycles. The summed E-state index contributed by atoms with van der Waals surface area (Å²) in [5.74, 6) is -0.151. The van der Waals surface area contributed by atoms with Crippen LogP contribution in [-0.2, 0) is 11.2 Å². The van der Waals surface area contributed by atoms with Crippen molar-refractivity contribution >= 4 is 23.2 Å². The fraction of sp³-hybridized carbons (Fsp3) is 0.200. The summed E-state index contributed by atoms with van der Waals surface area (Å²) in [4.78, 5) is 26.8. The number of carbonyl (C=O) groups is 2. The minimum atomic E-state index is -0.0814. The van der Waals surface area contributed by atoms with Crippen molar-refractivity contribution in [3.05, 3.63) is 96.1 Å². The number of nitrogens with zero attached hydrogens (tertiary/aromatic N) is 1. The second-order valence-electron chi connectivity index (χ2n) is 6.90. The normalized spacial score (nSPS) is 10.3. The van der Waals surface area contributed by atoms with Crippen LogP contribution in [0, 0.1) is 0 Å². The van der Waals surface area contributed by atoms with E-state index in [2.05, 4.69) is 10.6 Å². The topological polar surface area (TPSA) is 61.4 Å². The van der Waals surface area contributed by atoms with E-state index in [0.29, 0.717) is 18.7 Å². The molecule has 0 fully saturated rings. The highest BCUT2D eigenvalue weighted by molar-refractivity contribution is 6.06. The van der Waals surface area contributed by atoms with Gasteiger partial charge in [0.2, 0.25) is 5.91 Å². The largest absolute Gasteiger partial charge is 0.376 e. The zero-order valence-corrected chi connectivity index (χ0v) is 17.2. The Balaban J connectivity index is 1.53. The second kappa shape index (κ2) is 10.8. The van der Waals surface area contributed by atoms with Crippen molar-refractivity contribution in [3.8, 4) is 0 Å². The summed E-state index contributed by atoms with van der Waals surface area (Å²) in [6.07, 6.45) is 0.795. The zero-order valence-electron chi connectivity index (χ0n) is 17.2. The van der Waals surface area contributed by atoms with Gasteiger partial charge in [0.1, 0.15) is 0 Å². The molecule has 0 bridgehead atoms. The fourth-order valence-electron chi connectivity index (χ4n) is 3.21. The third-order valence-electron chi connectivity index (χ3n) is 4.77. The number of hydrogen-bond donors (Lipinski definition) is 2. The fourth-order valence-corrected chi connectivity index (χ4v) is 3.21. The zero-order chi connectivity index (χ0) is 21.2. The molecule has 30 heavy (non-hydrogen) atoms. The predicted molar refractivity (Wildman–Crippen MR) is 122 cm³/mol. The Kier molecular flexibility index (Phi) is 7.61. The van der Waals surface area contributed by atoms with Crippen molar-refractivity contribution in [1.29, 1.82) is 0 Å². The molecule has 2 N–H and O–H groups in total. The Labute approximate surface area is 177 Å². The van der Waals surface area contributed by atoms with Crippen LogP contribution in [0.3, 0.4) is 0 Å². The first-order valence-corrected chi connectivity index (χ1v) is 10.2. The number of amides is 2. The first kappa shape index (κ1) is 21.1. The number of carbonyl (C=O) groups excluding carboxylic acids is 2. The van der Waals surface area contributed by atoms with Crippen LogP contribution in [-0.4, -0.2) is 31.4 Å². The van der Waals surface area contributed by atoms with Gasteiger partial charge in [0.25, 0.3) is 5.91 Å². The number of anilines is 2. The van der Waals surface area contributed by atoms with E-state index in [1.807, 2.05) is 79.7 Å². The van der Waals surface area contributed by atoms with E-state index < -0.39 is 0 Å². The molecule has 0 atom stereocenters. The molecule has 0 saturated carbocycles. The van der Waals surface area contributed by atoms with Gasteiger partial charge in [0.05, 0.1) is 6.54 Å². The van der Waals surface area contributed by atoms with E-state index in [4.69, 9.17) is 0 Å². The monoisotopic (exact) mass is 401 g/mol. The molecular formula is C25H27N3O2. The van der Waals surface area contributed by atoms with E-state index in [1.54, 1.807) is 17.0 Å². The van der Waals surface area contributed by atoms with Gasteiger partial charge in [-0.25, -0.2) is 0 Å². The Morgan fingerprint density at radius 1 is 0.867 bits per heavy atom. The van der Waals surface area contributed by atoms with Crippen LogP contribution >= 0.6 is 0 Å². The summed E-state index contributed by atoms with van der Waals surface area (Å²) in [6, 6.07) is 26.9. The minimum absolute atomic E-state index is 0.0698. The van der Waals surface area contributed by atoms with Crippen LogP contribution in [0.4, 0.5) is 11.4 Å². The van der Waals surface area contributed by atoms with E-state index in [0.717, 1.165) is 17.8 Å². The molecule has 3 aromatic carbocycles. The molecule has 0 aliphatic carbocycles. The molecule has 2 amide bonds. The number of hydrogen-bond acceptors (Lipinski definition) is 3. The van der Waals surface area contributed by atoms with Crippen LogP contribution in [0.2, 0.25) is 0 Å². The average molecular weight is 402 g/mol. The van der Waals surface area contributed by atoms with E-state index in [-0.39, 0.29) is 18.4 Å². The van der Waals surface area contributed by atoms with Gasteiger partial charge >= 0.3 is 0 Å². The number of nitrogens with one attached hydrogen (secondary N) is 2. The van der Waals surface area contributed by atoms with Crippen molar-refractivity contribution in [2.75, 3.05) is 29.9 Å². The Morgan fingerprint density at radius 2 is 1.57 bits per heavy atom. The van der Waals surface area contributed by atoms with E-state index in [1.165, 1.54) is 5.56 Å². The van der Waals surface area contributed by atoms with Crippen molar-refractivity contribution in [2.24, 2.45) is 0 Å². The quantitative estimate of drug-likeness (QED) is 0.567. The summed E-state index contributed by atoms with van der Waals surface area (Å²) in [7, 11) is 0. The molecule has 154 valence electrons. The maximum absolute atomic E-state index is 13.0. The summed E-state index contributed by atoms with van der Waals surface area (Å²) < 4.78 is 0. The maximum Gasteiger partial charge on any atom is 0.258 e. The Morgan fingerprint density at radius 3 is 2.27 bits per heavy atom. The number of benzene rings is 3. The second-order valence-corrected chi connectivity index (χ2v) is 6.90. The molecule has 0 radical (unpaired) electrons. The summed E-state index contributed by atoms with van der Waals surface area (Å²) in [5.41, 5.74) is 3.37. The molecule has 3 rings (SSSR count). The molecule has 3 aromatic rings. The lowest BCUT2D eigenvalue weighted by Crippen LogP contribution is -2.32. The lowest BCUT2D eigenvalue weighted by Gasteiger charge is -2.21. The van der Waals surface area contributed by atoms with Gasteiger partial charge in [-0.15, -0.1) is 0 Å². The SMILES string of the molecule is CCN(C(=O)c1cccc(NCC(=O)NCCc2ccccc2)c1)c1ccccc1. The van der Waals surface area contributed by atoms with Gasteiger partial charge in [-0.1, -0.05) is 54.6 Å². The van der Waals surface area contributed by atoms with Gasteiger partial charge in [-0.3, -0.25) is 9.59 Å². The third kappa shape index (κ3) is 5.95. The lowest BCUT2D eigenvalue weighted by molar-refractivity contribution is -0.119. The van der Waals surface area contributed by atoms with Crippen molar-refractivity contribution in [3.63, 3.8) is 0 Å². The van der Waals surface area contributed by atoms with Gasteiger partial charge < -0.3 is 15.5 Å². The van der Waals surface area contributed by atoms with E-state index >= 15 is 0 Å². The molecule has 0 aromatic heterocycles. The number of para-hydroxylation sites is 1. The average Bonchev–Trinajstić information content (AvgIpc) is 2.80. The van der Waals surface area contributed by atoms with Crippen molar-refractivity contribution in [1.82, 2.24) is 5.32 Å². The predicted octanol–water partition coefficient (Wildman–Crippen LogP) is 4.12. The van der Waals surface area contributed by atoms with Crippen LogP contribution in [0.1, 0.15) is 22.8 Å². The van der Waals surface area contributed by atoms with Crippen LogP contribution in [0.25, 0.3) is 0 Å². The van der Waals surface area contributed by atoms with Crippen LogP contribution in [0.5, 0.6) is 0 Å². The highest BCUT2D eigenvalue weighted by atomic mass is 16.2. The maximum atomic E-state index is 13.0. The highest BCUT2D eigenvalue weighted by Gasteiger charge is 2.16. The summed E-state index contributed by atoms with van der Waals surface area (Å²) in [5, 5.41) is 6.01. The van der Waals surface area contributed by atoms with Crippen LogP contribution < -0.4 is 15.5 Å². The smallest absolute Gasteiger partial charge is 0.258 e. The standard InChI is InChI=1S/C25H27N3O2/c1-2-28(23-14-7-4-8-15-23)25(30)21-12-9-13-22(18-21)27-19-24(29)26-17-16-20-10-5-3-6-11-20/h3-15,18,27H,2,16-17,19H2,1H3,(H,26,29). The lowest BCUT2D eigenvalue weighted by atomic mass is 10.1. The molecule has 5 nitrogen and oxygen atoms in total. The van der Waals surface area contributed by atoms with Gasteiger partial charge in [-0.05, 0) is 49.2 Å². The van der Waals surface area contributed by atoms with E-state index in [9.17, 15) is 9.59 Å². The highest BCUT2D eigenvalue weighted by Crippen LogP contribution is 2.18. The molecule has 0 aliphatic heterocycles. The molecule has 0 unspecified atom stereocenters.